The van der Waals surface area contributed by atoms with Gasteiger partial charge in [-0.05, 0) is 57.2 Å². The van der Waals surface area contributed by atoms with Crippen molar-refractivity contribution in [3.05, 3.63) is 33.8 Å². The van der Waals surface area contributed by atoms with E-state index in [1.54, 1.807) is 11.9 Å². The van der Waals surface area contributed by atoms with Crippen LogP contribution in [0.4, 0.5) is 0 Å². The van der Waals surface area contributed by atoms with Gasteiger partial charge in [-0.15, -0.1) is 0 Å². The quantitative estimate of drug-likeness (QED) is 0.688. The lowest BCUT2D eigenvalue weighted by Gasteiger charge is -2.13. The van der Waals surface area contributed by atoms with Crippen LogP contribution in [0.15, 0.2) is 27.1 Å². The lowest BCUT2D eigenvalue weighted by Crippen LogP contribution is -2.06. The van der Waals surface area contributed by atoms with Crippen LogP contribution in [0.5, 0.6) is 0 Å². The smallest absolute Gasteiger partial charge is 0.0565 e. The molecular weight excluding hydrogens is 282 g/mol. The van der Waals surface area contributed by atoms with Gasteiger partial charge in [-0.25, -0.2) is 4.40 Å². The minimum atomic E-state index is 0.196. The normalized spacial score (nSPS) is 17.9. The van der Waals surface area contributed by atoms with E-state index in [-0.39, 0.29) is 4.75 Å². The van der Waals surface area contributed by atoms with Crippen LogP contribution in [0.25, 0.3) is 0 Å². The monoisotopic (exact) mass is 297 g/mol. The van der Waals surface area contributed by atoms with Crippen molar-refractivity contribution in [2.75, 3.05) is 0 Å². The highest BCUT2D eigenvalue weighted by atomic mass is 79.9. The average Bonchev–Trinajstić information content (AvgIpc) is 2.58. The van der Waals surface area contributed by atoms with Crippen molar-refractivity contribution < 1.29 is 0 Å². The molecule has 0 aliphatic heterocycles. The molecule has 3 heteroatoms. The van der Waals surface area contributed by atoms with Gasteiger partial charge in [0.2, 0.25) is 0 Å². The molecule has 0 saturated heterocycles. The third kappa shape index (κ3) is 2.69. The van der Waals surface area contributed by atoms with Crippen LogP contribution < -0.4 is 0 Å². The zero-order chi connectivity index (χ0) is 11.8. The van der Waals surface area contributed by atoms with Crippen molar-refractivity contribution in [2.45, 2.75) is 38.4 Å². The zero-order valence-corrected chi connectivity index (χ0v) is 12.3. The lowest BCUT2D eigenvalue weighted by molar-refractivity contribution is 0.804. The molecule has 1 aliphatic carbocycles. The van der Waals surface area contributed by atoms with Gasteiger partial charge in [0, 0.05) is 14.8 Å². The fourth-order valence-corrected chi connectivity index (χ4v) is 2.89. The molecule has 2 rings (SSSR count). The molecule has 0 atom stereocenters. The third-order valence-corrected chi connectivity index (χ3v) is 4.07. The molecule has 86 valence electrons. The van der Waals surface area contributed by atoms with Crippen LogP contribution in [-0.2, 0) is 6.42 Å². The highest BCUT2D eigenvalue weighted by Gasteiger charge is 2.20. The summed E-state index contributed by atoms with van der Waals surface area (Å²) in [6.45, 7) is 6.58. The maximum absolute atomic E-state index is 4.69. The number of benzene rings is 1. The van der Waals surface area contributed by atoms with Gasteiger partial charge in [0.15, 0.2) is 0 Å². The highest BCUT2D eigenvalue weighted by Crippen LogP contribution is 2.32. The molecule has 0 N–H and O–H groups in total. The molecule has 1 aliphatic rings. The first kappa shape index (κ1) is 12.2. The van der Waals surface area contributed by atoms with Crippen LogP contribution in [0.1, 0.15) is 38.3 Å². The number of halogens is 1. The Bertz CT molecular complexity index is 432. The zero-order valence-electron chi connectivity index (χ0n) is 9.88. The Morgan fingerprint density at radius 2 is 2.00 bits per heavy atom. The minimum absolute atomic E-state index is 0.196. The molecule has 1 nitrogen and oxygen atoms in total. The average molecular weight is 298 g/mol. The van der Waals surface area contributed by atoms with Crippen molar-refractivity contribution in [1.29, 1.82) is 0 Å². The van der Waals surface area contributed by atoms with Gasteiger partial charge >= 0.3 is 0 Å². The molecule has 16 heavy (non-hydrogen) atoms. The standard InChI is InChI=1S/C13H16BrNS/c1-13(2,3)16-15-12-8-7-9-10(12)5-4-6-11(9)14/h4-6H,7-8H2,1-3H3/b15-12+. The van der Waals surface area contributed by atoms with E-state index in [0.717, 1.165) is 12.8 Å². The largest absolute Gasteiger partial charge is 0.220 e. The highest BCUT2D eigenvalue weighted by molar-refractivity contribution is 9.10. The van der Waals surface area contributed by atoms with E-state index >= 15 is 0 Å². The summed E-state index contributed by atoms with van der Waals surface area (Å²) in [4.78, 5) is 0. The molecule has 0 aromatic heterocycles. The van der Waals surface area contributed by atoms with Crippen molar-refractivity contribution in [3.8, 4) is 0 Å². The molecule has 0 heterocycles. The molecule has 1 aromatic rings. The van der Waals surface area contributed by atoms with E-state index in [0.29, 0.717) is 0 Å². The van der Waals surface area contributed by atoms with E-state index in [1.165, 1.54) is 21.3 Å². The summed E-state index contributed by atoms with van der Waals surface area (Å²) < 4.78 is 6.10. The molecule has 0 saturated carbocycles. The van der Waals surface area contributed by atoms with Crippen LogP contribution in [0, 0.1) is 0 Å². The maximum atomic E-state index is 4.69. The van der Waals surface area contributed by atoms with Crippen molar-refractivity contribution >= 4 is 33.6 Å². The summed E-state index contributed by atoms with van der Waals surface area (Å²) in [5, 5.41) is 0. The predicted molar refractivity (Wildman–Crippen MR) is 76.3 cm³/mol. The Hall–Kier alpha value is -0.280. The van der Waals surface area contributed by atoms with Gasteiger partial charge in [-0.3, -0.25) is 0 Å². The number of nitrogens with zero attached hydrogens (tertiary/aromatic N) is 1. The first-order chi connectivity index (χ1) is 7.47. The first-order valence-electron chi connectivity index (χ1n) is 5.50. The predicted octanol–water partition coefficient (Wildman–Crippen LogP) is 4.63. The molecule has 0 radical (unpaired) electrons. The number of fused-ring (bicyclic) bond motifs is 1. The van der Waals surface area contributed by atoms with Gasteiger partial charge in [-0.2, -0.15) is 0 Å². The second-order valence-electron chi connectivity index (χ2n) is 5.01. The van der Waals surface area contributed by atoms with Gasteiger partial charge < -0.3 is 0 Å². The molecule has 0 bridgehead atoms. The van der Waals surface area contributed by atoms with E-state index in [2.05, 4.69) is 59.3 Å². The lowest BCUT2D eigenvalue weighted by atomic mass is 10.1. The summed E-state index contributed by atoms with van der Waals surface area (Å²) in [6, 6.07) is 6.37. The second kappa shape index (κ2) is 4.53. The Kier molecular flexibility index (Phi) is 3.45. The van der Waals surface area contributed by atoms with Gasteiger partial charge in [0.05, 0.1) is 5.71 Å². The SMILES string of the molecule is CC(C)(C)S/N=C1\CCc2c(Br)cccc21. The number of rotatable bonds is 1. The van der Waals surface area contributed by atoms with Gasteiger partial charge in [0.25, 0.3) is 0 Å². The fourth-order valence-electron chi connectivity index (χ4n) is 1.75. The fraction of sp³-hybridized carbons (Fsp3) is 0.462. The third-order valence-electron chi connectivity index (χ3n) is 2.47. The number of hydrogen-bond donors (Lipinski definition) is 0. The van der Waals surface area contributed by atoms with E-state index in [1.807, 2.05) is 0 Å². The van der Waals surface area contributed by atoms with E-state index < -0.39 is 0 Å². The van der Waals surface area contributed by atoms with Crippen LogP contribution in [0.2, 0.25) is 0 Å². The summed E-state index contributed by atoms with van der Waals surface area (Å²) in [5.74, 6) is 0. The van der Waals surface area contributed by atoms with E-state index in [4.69, 9.17) is 0 Å². The van der Waals surface area contributed by atoms with E-state index in [9.17, 15) is 0 Å². The Morgan fingerprint density at radius 3 is 2.69 bits per heavy atom. The molecule has 1 aromatic carbocycles. The van der Waals surface area contributed by atoms with Crippen LogP contribution in [0.3, 0.4) is 0 Å². The van der Waals surface area contributed by atoms with Crippen molar-refractivity contribution in [3.63, 3.8) is 0 Å². The summed E-state index contributed by atoms with van der Waals surface area (Å²) in [6.07, 6.45) is 2.18. The van der Waals surface area contributed by atoms with Gasteiger partial charge in [0.1, 0.15) is 0 Å². The summed E-state index contributed by atoms with van der Waals surface area (Å²) in [5.41, 5.74) is 3.98. The van der Waals surface area contributed by atoms with Crippen molar-refractivity contribution in [1.82, 2.24) is 0 Å². The molecule has 0 fully saturated rings. The van der Waals surface area contributed by atoms with Crippen LogP contribution >= 0.6 is 27.9 Å². The summed E-state index contributed by atoms with van der Waals surface area (Å²) in [7, 11) is 0. The minimum Gasteiger partial charge on any atom is -0.220 e. The van der Waals surface area contributed by atoms with Crippen molar-refractivity contribution in [2.24, 2.45) is 4.40 Å². The Labute approximate surface area is 110 Å². The van der Waals surface area contributed by atoms with Crippen LogP contribution in [-0.4, -0.2) is 10.5 Å². The first-order valence-corrected chi connectivity index (χ1v) is 7.07. The molecule has 0 amide bonds. The molecule has 0 spiro atoms. The van der Waals surface area contributed by atoms with Gasteiger partial charge in [-0.1, -0.05) is 28.1 Å². The maximum Gasteiger partial charge on any atom is 0.0565 e. The number of hydrogen-bond acceptors (Lipinski definition) is 2. The summed E-state index contributed by atoms with van der Waals surface area (Å²) >= 11 is 5.28. The topological polar surface area (TPSA) is 12.4 Å². The Morgan fingerprint density at radius 1 is 1.25 bits per heavy atom. The second-order valence-corrected chi connectivity index (χ2v) is 7.45. The molecular formula is C13H16BrNS. The molecule has 0 unspecified atom stereocenters. The Balaban J connectivity index is 2.27.